The van der Waals surface area contributed by atoms with Crippen molar-refractivity contribution < 1.29 is 0 Å². The van der Waals surface area contributed by atoms with Crippen LogP contribution in [0.25, 0.3) is 17.0 Å². The van der Waals surface area contributed by atoms with Crippen LogP contribution in [0, 0.1) is 0 Å². The molecule has 6 heteroatoms. The highest BCUT2D eigenvalue weighted by Crippen LogP contribution is 2.32. The zero-order valence-corrected chi connectivity index (χ0v) is 24.8. The summed E-state index contributed by atoms with van der Waals surface area (Å²) in [5.41, 5.74) is 7.55. The molecule has 1 aromatic heterocycles. The van der Waals surface area contributed by atoms with E-state index < -0.39 is 0 Å². The van der Waals surface area contributed by atoms with Gasteiger partial charge in [0.2, 0.25) is 0 Å². The second-order valence-electron chi connectivity index (χ2n) is 12.5. The van der Waals surface area contributed by atoms with Gasteiger partial charge in [-0.05, 0) is 121 Å². The normalized spacial score (nSPS) is 21.8. The number of aromatic nitrogens is 1. The van der Waals surface area contributed by atoms with Gasteiger partial charge in [-0.2, -0.15) is 0 Å². The lowest BCUT2D eigenvalue weighted by Crippen LogP contribution is -2.47. The Morgan fingerprint density at radius 1 is 0.825 bits per heavy atom. The molecule has 1 N–H and O–H groups in total. The SMILES string of the molecule is CN1CCN(c2ccc(-c3cccc(C(NCCCN4CCC(N5CCCCC5)CC4)=C4CCC4)n3)cc2)CC1. The van der Waals surface area contributed by atoms with Gasteiger partial charge in [0.1, 0.15) is 0 Å². The molecule has 2 aromatic rings. The Labute approximate surface area is 242 Å². The molecule has 1 saturated carbocycles. The number of benzene rings is 1. The van der Waals surface area contributed by atoms with Crippen LogP contribution in [0.3, 0.4) is 0 Å². The molecule has 216 valence electrons. The number of piperidine rings is 2. The lowest BCUT2D eigenvalue weighted by Gasteiger charge is -2.40. The number of anilines is 1. The summed E-state index contributed by atoms with van der Waals surface area (Å²) in [5.74, 6) is 0. The Balaban J connectivity index is 1.02. The molecule has 0 radical (unpaired) electrons. The van der Waals surface area contributed by atoms with Crippen molar-refractivity contribution in [3.8, 4) is 11.3 Å². The maximum absolute atomic E-state index is 5.16. The van der Waals surface area contributed by atoms with Crippen LogP contribution in [0.4, 0.5) is 5.69 Å². The van der Waals surface area contributed by atoms with Gasteiger partial charge in [-0.1, -0.05) is 24.6 Å². The van der Waals surface area contributed by atoms with E-state index in [2.05, 4.69) is 74.4 Å². The van der Waals surface area contributed by atoms with Crippen molar-refractivity contribution in [3.05, 3.63) is 53.7 Å². The Morgan fingerprint density at radius 2 is 1.57 bits per heavy atom. The Kier molecular flexibility index (Phi) is 9.36. The summed E-state index contributed by atoms with van der Waals surface area (Å²) >= 11 is 0. The van der Waals surface area contributed by atoms with Crippen LogP contribution >= 0.6 is 0 Å². The first kappa shape index (κ1) is 27.7. The fraction of sp³-hybridized carbons (Fsp3) is 0.618. The molecule has 0 unspecified atom stereocenters. The topological polar surface area (TPSA) is 37.9 Å². The van der Waals surface area contributed by atoms with Crippen molar-refractivity contribution in [2.24, 2.45) is 0 Å². The van der Waals surface area contributed by atoms with Crippen molar-refractivity contribution in [2.45, 2.75) is 63.8 Å². The van der Waals surface area contributed by atoms with Crippen molar-refractivity contribution >= 4 is 11.4 Å². The lowest BCUT2D eigenvalue weighted by atomic mass is 9.89. The van der Waals surface area contributed by atoms with Crippen molar-refractivity contribution in [1.82, 2.24) is 25.0 Å². The molecule has 1 aromatic carbocycles. The molecule has 6 nitrogen and oxygen atoms in total. The molecule has 40 heavy (non-hydrogen) atoms. The molecule has 6 rings (SSSR count). The maximum atomic E-state index is 5.16. The second kappa shape index (κ2) is 13.5. The molecule has 0 spiro atoms. The van der Waals surface area contributed by atoms with E-state index in [-0.39, 0.29) is 0 Å². The molecule has 0 amide bonds. The molecule has 0 atom stereocenters. The van der Waals surface area contributed by atoms with Crippen molar-refractivity contribution in [1.29, 1.82) is 0 Å². The molecule has 4 aliphatic rings. The lowest BCUT2D eigenvalue weighted by molar-refractivity contribution is 0.0922. The number of likely N-dealkylation sites (N-methyl/N-ethyl adjacent to an activating group) is 1. The van der Waals surface area contributed by atoms with Gasteiger partial charge < -0.3 is 24.9 Å². The predicted octanol–water partition coefficient (Wildman–Crippen LogP) is 5.33. The van der Waals surface area contributed by atoms with E-state index in [1.54, 1.807) is 5.57 Å². The first-order valence-corrected chi connectivity index (χ1v) is 16.2. The molecule has 0 bridgehead atoms. The number of nitrogens with zero attached hydrogens (tertiary/aromatic N) is 5. The zero-order valence-electron chi connectivity index (χ0n) is 24.8. The van der Waals surface area contributed by atoms with Crippen LogP contribution in [-0.2, 0) is 0 Å². The van der Waals surface area contributed by atoms with E-state index in [0.717, 1.165) is 50.2 Å². The summed E-state index contributed by atoms with van der Waals surface area (Å²) in [6.07, 6.45) is 11.9. The number of hydrogen-bond donors (Lipinski definition) is 1. The molecule has 1 aliphatic carbocycles. The first-order chi connectivity index (χ1) is 19.7. The van der Waals surface area contributed by atoms with Gasteiger partial charge in [0, 0.05) is 50.0 Å². The predicted molar refractivity (Wildman–Crippen MR) is 168 cm³/mol. The number of nitrogens with one attached hydrogen (secondary N) is 1. The van der Waals surface area contributed by atoms with E-state index in [1.807, 2.05) is 0 Å². The third-order valence-electron chi connectivity index (χ3n) is 9.76. The van der Waals surface area contributed by atoms with E-state index in [9.17, 15) is 0 Å². The third kappa shape index (κ3) is 6.89. The largest absolute Gasteiger partial charge is 0.383 e. The van der Waals surface area contributed by atoms with Gasteiger partial charge in [0.25, 0.3) is 0 Å². The van der Waals surface area contributed by atoms with Crippen molar-refractivity contribution in [2.75, 3.05) is 77.4 Å². The fourth-order valence-corrected chi connectivity index (χ4v) is 6.95. The molecule has 3 saturated heterocycles. The van der Waals surface area contributed by atoms with Gasteiger partial charge in [-0.15, -0.1) is 0 Å². The summed E-state index contributed by atoms with van der Waals surface area (Å²) < 4.78 is 0. The average molecular weight is 543 g/mol. The molecular formula is C34H50N6. The highest BCUT2D eigenvalue weighted by molar-refractivity contribution is 5.69. The smallest absolute Gasteiger partial charge is 0.0868 e. The number of piperazine rings is 1. The molecular weight excluding hydrogens is 492 g/mol. The molecule has 4 heterocycles. The summed E-state index contributed by atoms with van der Waals surface area (Å²) in [7, 11) is 2.21. The summed E-state index contributed by atoms with van der Waals surface area (Å²) in [6, 6.07) is 16.4. The number of hydrogen-bond acceptors (Lipinski definition) is 6. The highest BCUT2D eigenvalue weighted by atomic mass is 15.2. The number of allylic oxidation sites excluding steroid dienone is 1. The van der Waals surface area contributed by atoms with Crippen LogP contribution in [0.2, 0.25) is 0 Å². The average Bonchev–Trinajstić information content (AvgIpc) is 2.99. The number of likely N-dealkylation sites (tertiary alicyclic amines) is 2. The Bertz CT molecular complexity index is 1100. The van der Waals surface area contributed by atoms with Crippen LogP contribution in [0.15, 0.2) is 48.0 Å². The standard InChI is InChI=1S/C34H50N6/c1-37-24-26-40(27-25-37)30-14-12-28(13-15-30)32-10-6-11-33(36-32)34(29-8-5-9-29)35-18-7-19-38-22-16-31(17-23-38)39-20-3-2-4-21-39/h6,10-15,31,35H,2-5,7-9,16-27H2,1H3. The van der Waals surface area contributed by atoms with Gasteiger partial charge in [-0.3, -0.25) is 0 Å². The zero-order chi connectivity index (χ0) is 27.1. The van der Waals surface area contributed by atoms with Gasteiger partial charge >= 0.3 is 0 Å². The van der Waals surface area contributed by atoms with E-state index >= 15 is 0 Å². The first-order valence-electron chi connectivity index (χ1n) is 16.2. The van der Waals surface area contributed by atoms with E-state index in [1.165, 1.54) is 107 Å². The maximum Gasteiger partial charge on any atom is 0.0868 e. The third-order valence-corrected chi connectivity index (χ3v) is 9.76. The minimum absolute atomic E-state index is 0.839. The minimum atomic E-state index is 0.839. The summed E-state index contributed by atoms with van der Waals surface area (Å²) in [5, 5.41) is 3.84. The van der Waals surface area contributed by atoms with E-state index in [0.29, 0.717) is 0 Å². The van der Waals surface area contributed by atoms with Crippen LogP contribution < -0.4 is 10.2 Å². The number of rotatable bonds is 9. The monoisotopic (exact) mass is 542 g/mol. The summed E-state index contributed by atoms with van der Waals surface area (Å²) in [4.78, 5) is 15.5. The van der Waals surface area contributed by atoms with Crippen LogP contribution in [0.5, 0.6) is 0 Å². The summed E-state index contributed by atoms with van der Waals surface area (Å²) in [6.45, 7) is 11.9. The van der Waals surface area contributed by atoms with Gasteiger partial charge in [0.05, 0.1) is 17.1 Å². The molecule has 3 aliphatic heterocycles. The molecule has 4 fully saturated rings. The van der Waals surface area contributed by atoms with Crippen molar-refractivity contribution in [3.63, 3.8) is 0 Å². The van der Waals surface area contributed by atoms with Gasteiger partial charge in [-0.25, -0.2) is 4.98 Å². The highest BCUT2D eigenvalue weighted by Gasteiger charge is 2.25. The fourth-order valence-electron chi connectivity index (χ4n) is 6.95. The Morgan fingerprint density at radius 3 is 2.27 bits per heavy atom. The van der Waals surface area contributed by atoms with Gasteiger partial charge in [0.15, 0.2) is 0 Å². The second-order valence-corrected chi connectivity index (χ2v) is 12.5. The quantitative estimate of drug-likeness (QED) is 0.432. The van der Waals surface area contributed by atoms with Crippen LogP contribution in [0.1, 0.15) is 63.5 Å². The van der Waals surface area contributed by atoms with Crippen LogP contribution in [-0.4, -0.2) is 98.2 Å². The van der Waals surface area contributed by atoms with E-state index in [4.69, 9.17) is 4.98 Å². The Hall–Kier alpha value is -2.41. The minimum Gasteiger partial charge on any atom is -0.383 e. The number of pyridine rings is 1.